The lowest BCUT2D eigenvalue weighted by Gasteiger charge is -2.47. The molecule has 1 N–H and O–H groups in total. The van der Waals surface area contributed by atoms with Crippen LogP contribution in [0.25, 0.3) is 0 Å². The van der Waals surface area contributed by atoms with Crippen LogP contribution in [0.2, 0.25) is 0 Å². The highest BCUT2D eigenvalue weighted by Crippen LogP contribution is 2.44. The molecule has 2 amide bonds. The third-order valence-electron chi connectivity index (χ3n) is 8.79. The van der Waals surface area contributed by atoms with Crippen molar-refractivity contribution in [3.8, 4) is 5.75 Å². The van der Waals surface area contributed by atoms with Crippen molar-refractivity contribution in [2.45, 2.75) is 41.2 Å². The number of aryl methyl sites for hydroxylation is 2. The largest absolute Gasteiger partial charge is 0.484 e. The molecule has 1 aliphatic heterocycles. The molecule has 0 radical (unpaired) electrons. The molecule has 1 heterocycles. The van der Waals surface area contributed by atoms with Crippen molar-refractivity contribution in [1.29, 1.82) is 0 Å². The standard InChI is InChI=1S/C42H38N2O9S3/c1-29-23-25-34(26-24-29)56(50,51)54-42-38(43-36(45)28-52-33-19-10-5-11-20-33)41(47)44(42)39-30(2)14-12-21-35(39)55(48,49)27-13-22-37(46)53-40(31-15-6-3-7-16-31)32-17-8-4-9-18-32/h3-26,38,40,42H,27-28H2,1-2H3,(H,43,45). The van der Waals surface area contributed by atoms with Gasteiger partial charge in [-0.25, -0.2) is 21.6 Å². The smallest absolute Gasteiger partial charge is 0.331 e. The summed E-state index contributed by atoms with van der Waals surface area (Å²) in [6, 6.07) is 36.0. The Balaban J connectivity index is 1.25. The van der Waals surface area contributed by atoms with Gasteiger partial charge in [0.2, 0.25) is 8.87 Å². The molecule has 288 valence electrons. The van der Waals surface area contributed by atoms with Gasteiger partial charge in [0.15, 0.2) is 22.5 Å². The first kappa shape index (κ1) is 40.0. The van der Waals surface area contributed by atoms with E-state index in [0.29, 0.717) is 22.1 Å². The number of β-lactam (4-membered cyclic amide) rings is 1. The molecular formula is C42H38N2O9S3. The quantitative estimate of drug-likeness (QED) is 0.0550. The SMILES string of the molecule is Cc1ccc(S(=O)(=O)SC2C(NC(=O)COc3ccccc3)C(=O)N2c2c(C)cccc2S(=O)(=O)CC=CC(=O)OC(c2ccccc2)c2ccccc2)cc1. The van der Waals surface area contributed by atoms with Crippen molar-refractivity contribution in [3.63, 3.8) is 0 Å². The molecule has 11 nitrogen and oxygen atoms in total. The van der Waals surface area contributed by atoms with E-state index in [0.717, 1.165) is 27.7 Å². The van der Waals surface area contributed by atoms with E-state index in [2.05, 4.69) is 5.32 Å². The van der Waals surface area contributed by atoms with E-state index >= 15 is 0 Å². The maximum atomic E-state index is 14.0. The fourth-order valence-electron chi connectivity index (χ4n) is 6.00. The van der Waals surface area contributed by atoms with E-state index in [1.165, 1.54) is 30.3 Å². The van der Waals surface area contributed by atoms with Crippen LogP contribution in [0.4, 0.5) is 5.69 Å². The fraction of sp³-hybridized carbons (Fsp3) is 0.167. The van der Waals surface area contributed by atoms with Gasteiger partial charge in [-0.1, -0.05) is 115 Å². The zero-order valence-corrected chi connectivity index (χ0v) is 32.8. The van der Waals surface area contributed by atoms with E-state index in [9.17, 15) is 31.2 Å². The van der Waals surface area contributed by atoms with E-state index < -0.39 is 66.4 Å². The van der Waals surface area contributed by atoms with Crippen molar-refractivity contribution in [1.82, 2.24) is 5.32 Å². The Morgan fingerprint density at radius 3 is 1.98 bits per heavy atom. The lowest BCUT2D eigenvalue weighted by molar-refractivity contribution is -0.141. The van der Waals surface area contributed by atoms with E-state index in [1.54, 1.807) is 55.5 Å². The number of nitrogens with zero attached hydrogens (tertiary/aromatic N) is 1. The summed E-state index contributed by atoms with van der Waals surface area (Å²) in [7, 11) is -7.95. The Hall–Kier alpha value is -5.70. The molecule has 0 saturated carbocycles. The molecule has 0 aromatic heterocycles. The Morgan fingerprint density at radius 2 is 1.38 bits per heavy atom. The predicted molar refractivity (Wildman–Crippen MR) is 214 cm³/mol. The van der Waals surface area contributed by atoms with Gasteiger partial charge in [0.1, 0.15) is 17.2 Å². The van der Waals surface area contributed by atoms with E-state index in [1.807, 2.05) is 67.6 Å². The average Bonchev–Trinajstić information content (AvgIpc) is 3.19. The maximum absolute atomic E-state index is 14.0. The second kappa shape index (κ2) is 17.4. The van der Waals surface area contributed by atoms with Crippen molar-refractivity contribution >= 4 is 53.0 Å². The number of carbonyl (C=O) groups excluding carboxylic acids is 3. The number of hydrogen-bond donors (Lipinski definition) is 1. The molecule has 1 aliphatic rings. The van der Waals surface area contributed by atoms with Crippen LogP contribution in [0.5, 0.6) is 5.75 Å². The number of ether oxygens (including phenoxy) is 2. The maximum Gasteiger partial charge on any atom is 0.331 e. The minimum atomic E-state index is -4.24. The number of hydrogen-bond acceptors (Lipinski definition) is 10. The third-order valence-corrected chi connectivity index (χ3v) is 14.1. The van der Waals surface area contributed by atoms with Gasteiger partial charge in [-0.05, 0) is 60.9 Å². The zero-order valence-electron chi connectivity index (χ0n) is 30.3. The molecule has 0 aliphatic carbocycles. The van der Waals surface area contributed by atoms with Gasteiger partial charge in [-0.3, -0.25) is 14.5 Å². The molecule has 1 saturated heterocycles. The van der Waals surface area contributed by atoms with Crippen LogP contribution in [0, 0.1) is 13.8 Å². The van der Waals surface area contributed by atoms with E-state index in [-0.39, 0.29) is 15.5 Å². The predicted octanol–water partition coefficient (Wildman–Crippen LogP) is 6.32. The van der Waals surface area contributed by atoms with Crippen LogP contribution in [0.15, 0.2) is 155 Å². The molecule has 2 unspecified atom stereocenters. The summed E-state index contributed by atoms with van der Waals surface area (Å²) < 4.78 is 66.7. The summed E-state index contributed by atoms with van der Waals surface area (Å²) in [6.45, 7) is 2.95. The Morgan fingerprint density at radius 1 is 0.786 bits per heavy atom. The van der Waals surface area contributed by atoms with Crippen LogP contribution >= 0.6 is 10.8 Å². The number of esters is 1. The molecule has 5 aromatic carbocycles. The van der Waals surface area contributed by atoms with E-state index in [4.69, 9.17) is 9.47 Å². The number of nitrogens with one attached hydrogen (secondary N) is 1. The third kappa shape index (κ3) is 9.39. The van der Waals surface area contributed by atoms with Crippen molar-refractivity contribution in [3.05, 3.63) is 168 Å². The molecule has 6 rings (SSSR count). The van der Waals surface area contributed by atoms with Gasteiger partial charge in [0, 0.05) is 16.9 Å². The first-order chi connectivity index (χ1) is 26.8. The minimum Gasteiger partial charge on any atom is -0.484 e. The number of para-hydroxylation sites is 2. The second-order valence-electron chi connectivity index (χ2n) is 12.9. The van der Waals surface area contributed by atoms with Crippen LogP contribution in [0.1, 0.15) is 28.4 Å². The lowest BCUT2D eigenvalue weighted by Crippen LogP contribution is -2.70. The highest BCUT2D eigenvalue weighted by atomic mass is 33.1. The summed E-state index contributed by atoms with van der Waals surface area (Å²) in [6.07, 6.45) is 1.46. The Bertz CT molecular complexity index is 2400. The van der Waals surface area contributed by atoms with Gasteiger partial charge in [0.25, 0.3) is 11.8 Å². The molecule has 2 atom stereocenters. The number of sulfone groups is 1. The molecule has 5 aromatic rings. The van der Waals surface area contributed by atoms with Crippen LogP contribution in [-0.4, -0.2) is 58.4 Å². The van der Waals surface area contributed by atoms with Gasteiger partial charge >= 0.3 is 5.97 Å². The van der Waals surface area contributed by atoms with Crippen LogP contribution in [0.3, 0.4) is 0 Å². The fourth-order valence-corrected chi connectivity index (χ4v) is 10.8. The Labute approximate surface area is 329 Å². The summed E-state index contributed by atoms with van der Waals surface area (Å²) in [5.74, 6) is -2.39. The highest BCUT2D eigenvalue weighted by molar-refractivity contribution is 8.72. The highest BCUT2D eigenvalue weighted by Gasteiger charge is 2.53. The van der Waals surface area contributed by atoms with Gasteiger partial charge in [0.05, 0.1) is 21.2 Å². The summed E-state index contributed by atoms with van der Waals surface area (Å²) in [5, 5.41) is 1.32. The molecule has 0 spiro atoms. The number of anilines is 1. The normalized spacial score (nSPS) is 15.7. The second-order valence-corrected chi connectivity index (χ2v) is 18.8. The minimum absolute atomic E-state index is 0.0266. The first-order valence-corrected chi connectivity index (χ1v) is 22.0. The summed E-state index contributed by atoms with van der Waals surface area (Å²) in [5.41, 5.74) is 2.62. The molecule has 56 heavy (non-hydrogen) atoms. The van der Waals surface area contributed by atoms with Gasteiger partial charge < -0.3 is 14.8 Å². The average molecular weight is 811 g/mol. The number of amides is 2. The van der Waals surface area contributed by atoms with Gasteiger partial charge in [-0.15, -0.1) is 0 Å². The monoisotopic (exact) mass is 810 g/mol. The first-order valence-electron chi connectivity index (χ1n) is 17.4. The van der Waals surface area contributed by atoms with Crippen molar-refractivity contribution in [2.24, 2.45) is 0 Å². The topological polar surface area (TPSA) is 153 Å². The molecular weight excluding hydrogens is 773 g/mol. The lowest BCUT2D eigenvalue weighted by atomic mass is 10.0. The number of carbonyl (C=O) groups is 3. The van der Waals surface area contributed by atoms with Crippen molar-refractivity contribution < 1.29 is 40.7 Å². The number of benzene rings is 5. The Kier molecular flexibility index (Phi) is 12.4. The zero-order chi connectivity index (χ0) is 39.9. The molecule has 1 fully saturated rings. The molecule has 14 heteroatoms. The summed E-state index contributed by atoms with van der Waals surface area (Å²) >= 11 is 0. The van der Waals surface area contributed by atoms with Crippen LogP contribution < -0.4 is 15.0 Å². The van der Waals surface area contributed by atoms with Gasteiger partial charge in [-0.2, -0.15) is 0 Å². The van der Waals surface area contributed by atoms with Crippen molar-refractivity contribution in [2.75, 3.05) is 17.3 Å². The molecule has 0 bridgehead atoms. The number of rotatable bonds is 15. The van der Waals surface area contributed by atoms with Crippen LogP contribution in [-0.2, 0) is 37.8 Å². The summed E-state index contributed by atoms with van der Waals surface area (Å²) in [4.78, 5) is 40.8.